The van der Waals surface area contributed by atoms with Crippen molar-refractivity contribution in [2.75, 3.05) is 18.3 Å². The van der Waals surface area contributed by atoms with Crippen molar-refractivity contribution in [2.24, 2.45) is 0 Å². The number of Topliss-reactive ketones (excluding diaryl/α,β-unsaturated/α-hetero) is 1. The molecular formula is C22H33BOS. The minimum atomic E-state index is -0.262. The Bertz CT molecular complexity index is 598. The molecule has 136 valence electrons. The zero-order valence-electron chi connectivity index (χ0n) is 16.5. The Labute approximate surface area is 157 Å². The Morgan fingerprint density at radius 1 is 0.800 bits per heavy atom. The number of rotatable bonds is 7. The quantitative estimate of drug-likeness (QED) is 0.381. The topological polar surface area (TPSA) is 17.1 Å². The maximum absolute atomic E-state index is 11.5. The lowest BCUT2D eigenvalue weighted by molar-refractivity contribution is 0.102. The monoisotopic (exact) mass is 356 g/mol. The summed E-state index contributed by atoms with van der Waals surface area (Å²) in [6, 6.07) is 20.5. The highest BCUT2D eigenvalue weighted by molar-refractivity contribution is 7.96. The zero-order valence-corrected chi connectivity index (χ0v) is 17.3. The molecule has 0 aliphatic carbocycles. The molecule has 0 N–H and O–H groups in total. The highest BCUT2D eigenvalue weighted by Gasteiger charge is 2.19. The third kappa shape index (κ3) is 6.74. The summed E-state index contributed by atoms with van der Waals surface area (Å²) in [6.45, 7) is 6.96. The van der Waals surface area contributed by atoms with Crippen molar-refractivity contribution in [3.8, 4) is 0 Å². The van der Waals surface area contributed by atoms with Crippen LogP contribution in [-0.2, 0) is 10.9 Å². The fourth-order valence-electron chi connectivity index (χ4n) is 3.40. The molecule has 0 heterocycles. The lowest BCUT2D eigenvalue weighted by Gasteiger charge is -2.37. The Kier molecular flexibility index (Phi) is 9.66. The van der Waals surface area contributed by atoms with Crippen molar-refractivity contribution >= 4 is 28.3 Å². The molecule has 0 radical (unpaired) electrons. The fraction of sp³-hybridized carbons (Fsp3) is 0.409. The van der Waals surface area contributed by atoms with Crippen molar-refractivity contribution in [3.63, 3.8) is 0 Å². The van der Waals surface area contributed by atoms with Gasteiger partial charge >= 0.3 is 0 Å². The molecule has 2 aromatic carbocycles. The van der Waals surface area contributed by atoms with Crippen LogP contribution in [0.1, 0.15) is 31.1 Å². The van der Waals surface area contributed by atoms with Gasteiger partial charge in [-0.1, -0.05) is 81.4 Å². The Hall–Kier alpha value is -1.48. The highest BCUT2D eigenvalue weighted by Crippen LogP contribution is 2.19. The van der Waals surface area contributed by atoms with Crippen molar-refractivity contribution in [2.45, 2.75) is 39.7 Å². The number of benzene rings is 2. The zero-order chi connectivity index (χ0) is 18.7. The first-order valence-electron chi connectivity index (χ1n) is 9.37. The van der Waals surface area contributed by atoms with Gasteiger partial charge in [-0.15, -0.1) is 0 Å². The molecule has 3 heteroatoms. The molecular weight excluding hydrogens is 323 g/mol. The molecule has 0 unspecified atom stereocenters. The standard InChI is InChI=1S/C12H20B.C10H13OS/c1-4-13(5-2,6-3)12-10-8-7-9-11-12;1-12(2)8-10(11)9-6-4-3-5-7-9/h7-11H,4-6H2,1-3H3;3-7H,8H2,1-2H3/q-1;+1. The normalized spacial score (nSPS) is 11.0. The van der Waals surface area contributed by atoms with E-state index in [2.05, 4.69) is 63.6 Å². The molecule has 0 atom stereocenters. The molecule has 25 heavy (non-hydrogen) atoms. The third-order valence-corrected chi connectivity index (χ3v) is 6.21. The number of carbonyl (C=O) groups is 1. The van der Waals surface area contributed by atoms with E-state index in [1.807, 2.05) is 30.3 Å². The van der Waals surface area contributed by atoms with E-state index in [0.717, 1.165) is 5.56 Å². The summed E-state index contributed by atoms with van der Waals surface area (Å²) in [4.78, 5) is 11.5. The van der Waals surface area contributed by atoms with Gasteiger partial charge in [0.1, 0.15) is 0 Å². The summed E-state index contributed by atoms with van der Waals surface area (Å²) in [7, 11) is 0.204. The Morgan fingerprint density at radius 2 is 1.24 bits per heavy atom. The average molecular weight is 356 g/mol. The lowest BCUT2D eigenvalue weighted by atomic mass is 9.17. The van der Waals surface area contributed by atoms with E-state index in [-0.39, 0.29) is 22.8 Å². The maximum Gasteiger partial charge on any atom is 0.211 e. The van der Waals surface area contributed by atoms with Gasteiger partial charge in [-0.05, 0) is 10.9 Å². The molecule has 0 saturated carbocycles. The fourth-order valence-corrected chi connectivity index (χ4v) is 4.10. The van der Waals surface area contributed by atoms with Crippen LogP contribution in [0.15, 0.2) is 60.7 Å². The van der Waals surface area contributed by atoms with Crippen LogP contribution in [0.4, 0.5) is 0 Å². The molecule has 0 amide bonds. The Balaban J connectivity index is 0.000000251. The number of hydrogen-bond donors (Lipinski definition) is 0. The summed E-state index contributed by atoms with van der Waals surface area (Å²) in [5.41, 5.74) is 2.40. The van der Waals surface area contributed by atoms with Crippen LogP contribution >= 0.6 is 0 Å². The Morgan fingerprint density at radius 3 is 1.64 bits per heavy atom. The van der Waals surface area contributed by atoms with E-state index < -0.39 is 0 Å². The molecule has 0 fully saturated rings. The molecule has 0 bridgehead atoms. The van der Waals surface area contributed by atoms with E-state index >= 15 is 0 Å². The SMILES string of the molecule is CC[B-](CC)(CC)c1ccccc1.C[S+](C)CC(=O)c1ccccc1. The largest absolute Gasteiger partial charge is 0.289 e. The van der Waals surface area contributed by atoms with Gasteiger partial charge in [0.2, 0.25) is 5.78 Å². The molecule has 0 aliphatic heterocycles. The van der Waals surface area contributed by atoms with Gasteiger partial charge in [0, 0.05) is 11.7 Å². The predicted molar refractivity (Wildman–Crippen MR) is 118 cm³/mol. The molecule has 0 spiro atoms. The van der Waals surface area contributed by atoms with Crippen molar-refractivity contribution in [1.29, 1.82) is 0 Å². The van der Waals surface area contributed by atoms with Gasteiger partial charge in [-0.25, -0.2) is 5.46 Å². The summed E-state index contributed by atoms with van der Waals surface area (Å²) < 4.78 is 0. The van der Waals surface area contributed by atoms with Crippen LogP contribution in [0.3, 0.4) is 0 Å². The van der Waals surface area contributed by atoms with Crippen molar-refractivity contribution < 1.29 is 4.79 Å². The number of hydrogen-bond acceptors (Lipinski definition) is 1. The molecule has 1 nitrogen and oxygen atoms in total. The van der Waals surface area contributed by atoms with E-state index in [9.17, 15) is 4.79 Å². The second-order valence-electron chi connectivity index (χ2n) is 7.03. The van der Waals surface area contributed by atoms with Crippen molar-refractivity contribution in [1.82, 2.24) is 0 Å². The summed E-state index contributed by atoms with van der Waals surface area (Å²) in [5, 5.41) is 0. The van der Waals surface area contributed by atoms with Crippen LogP contribution in [0, 0.1) is 0 Å². The van der Waals surface area contributed by atoms with Gasteiger partial charge in [0.25, 0.3) is 0 Å². The summed E-state index contributed by atoms with van der Waals surface area (Å²) >= 11 is 0. The van der Waals surface area contributed by atoms with Crippen LogP contribution in [0.25, 0.3) is 0 Å². The molecule has 0 saturated heterocycles. The summed E-state index contributed by atoms with van der Waals surface area (Å²) in [5.74, 6) is 0.924. The van der Waals surface area contributed by atoms with E-state index in [1.54, 1.807) is 5.46 Å². The van der Waals surface area contributed by atoms with Crippen molar-refractivity contribution in [3.05, 3.63) is 66.2 Å². The number of ketones is 1. The summed E-state index contributed by atoms with van der Waals surface area (Å²) in [6.07, 6.45) is 7.81. The first-order valence-corrected chi connectivity index (χ1v) is 11.6. The lowest BCUT2D eigenvalue weighted by Crippen LogP contribution is -2.45. The van der Waals surface area contributed by atoms with Gasteiger partial charge in [-0.3, -0.25) is 4.79 Å². The predicted octanol–water partition coefficient (Wildman–Crippen LogP) is 5.15. The first kappa shape index (κ1) is 21.6. The van der Waals surface area contributed by atoms with E-state index in [4.69, 9.17) is 0 Å². The van der Waals surface area contributed by atoms with Crippen LogP contribution in [-0.4, -0.2) is 30.2 Å². The van der Waals surface area contributed by atoms with Gasteiger partial charge in [0.05, 0.1) is 12.5 Å². The van der Waals surface area contributed by atoms with Crippen LogP contribution < -0.4 is 5.46 Å². The molecule has 2 aromatic rings. The third-order valence-electron chi connectivity index (χ3n) is 5.37. The minimum absolute atomic E-state index is 0.204. The van der Waals surface area contributed by atoms with Gasteiger partial charge in [0.15, 0.2) is 5.75 Å². The van der Waals surface area contributed by atoms with E-state index in [1.165, 1.54) is 19.0 Å². The van der Waals surface area contributed by atoms with Crippen LogP contribution in [0.2, 0.25) is 19.0 Å². The minimum Gasteiger partial charge on any atom is -0.289 e. The second kappa shape index (κ2) is 11.2. The highest BCUT2D eigenvalue weighted by atomic mass is 32.2. The maximum atomic E-state index is 11.5. The van der Waals surface area contributed by atoms with Gasteiger partial charge in [-0.2, -0.15) is 19.0 Å². The first-order chi connectivity index (χ1) is 12.0. The number of carbonyl (C=O) groups excluding carboxylic acids is 1. The van der Waals surface area contributed by atoms with Gasteiger partial charge < -0.3 is 0 Å². The smallest absolute Gasteiger partial charge is 0.211 e. The molecule has 0 aromatic heterocycles. The molecule has 2 rings (SSSR count). The second-order valence-corrected chi connectivity index (χ2v) is 9.29. The van der Waals surface area contributed by atoms with Crippen LogP contribution in [0.5, 0.6) is 0 Å². The average Bonchev–Trinajstić information content (AvgIpc) is 2.65. The van der Waals surface area contributed by atoms with E-state index in [0.29, 0.717) is 5.75 Å². The molecule has 0 aliphatic rings.